The van der Waals surface area contributed by atoms with Gasteiger partial charge in [-0.05, 0) is 12.1 Å². The lowest BCUT2D eigenvalue weighted by atomic mass is 9.79. The lowest BCUT2D eigenvalue weighted by Gasteiger charge is -2.38. The number of phenolic OH excluding ortho intramolecular Hbond substituents is 8. The molecule has 0 fully saturated rings. The summed E-state index contributed by atoms with van der Waals surface area (Å²) in [5, 5.41) is 91.1. The van der Waals surface area contributed by atoms with E-state index in [0.29, 0.717) is 0 Å². The summed E-state index contributed by atoms with van der Waals surface area (Å²) in [6.07, 6.45) is -2.96. The van der Waals surface area contributed by atoms with Crippen molar-refractivity contribution in [3.63, 3.8) is 0 Å². The van der Waals surface area contributed by atoms with E-state index in [0.717, 1.165) is 36.4 Å². The van der Waals surface area contributed by atoms with Gasteiger partial charge < -0.3 is 50.7 Å². The Morgan fingerprint density at radius 3 is 1.61 bits per heavy atom. The van der Waals surface area contributed by atoms with Crippen LogP contribution < -0.4 is 4.74 Å². The monoisotopic (exact) mass is 430 g/mol. The van der Waals surface area contributed by atoms with Crippen LogP contribution in [0.4, 0.5) is 0 Å². The standard InChI is InChI=1S/C21H18O10/c22-8-3-10(24)16(11(25)4-8)18-17-12(26)5-9(23)6-15(17)31-21(20(18)30)7-1-13(27)19(29)14(28)2-7/h1-6,18,20-30H/t18?,20-,21+/m0/s1. The van der Waals surface area contributed by atoms with Crippen molar-refractivity contribution in [3.8, 4) is 51.7 Å². The van der Waals surface area contributed by atoms with E-state index >= 15 is 0 Å². The zero-order valence-electron chi connectivity index (χ0n) is 15.6. The first-order valence-electron chi connectivity index (χ1n) is 8.98. The average molecular weight is 430 g/mol. The fourth-order valence-corrected chi connectivity index (χ4v) is 3.86. The van der Waals surface area contributed by atoms with Gasteiger partial charge in [-0.15, -0.1) is 0 Å². The third-order valence-corrected chi connectivity index (χ3v) is 5.17. The van der Waals surface area contributed by atoms with Crippen molar-refractivity contribution in [1.82, 2.24) is 0 Å². The topological polar surface area (TPSA) is 191 Å². The molecule has 3 aromatic carbocycles. The fraction of sp³-hybridized carbons (Fsp3) is 0.143. The molecule has 9 N–H and O–H groups in total. The molecule has 0 bridgehead atoms. The molecule has 162 valence electrons. The van der Waals surface area contributed by atoms with E-state index in [9.17, 15) is 46.0 Å². The van der Waals surface area contributed by atoms with Gasteiger partial charge >= 0.3 is 0 Å². The molecule has 0 radical (unpaired) electrons. The van der Waals surface area contributed by atoms with Crippen LogP contribution in [-0.4, -0.2) is 52.1 Å². The Hall–Kier alpha value is -4.18. The SMILES string of the molecule is Oc1cc(O)c(C2c3c(O)cc(O)cc3O[C@H](c3cc(O)c(O)c(O)c3)[C@H]2O)c(O)c1. The maximum absolute atomic E-state index is 11.1. The van der Waals surface area contributed by atoms with Gasteiger partial charge in [0.15, 0.2) is 23.4 Å². The summed E-state index contributed by atoms with van der Waals surface area (Å²) in [6.45, 7) is 0. The highest BCUT2D eigenvalue weighted by Crippen LogP contribution is 2.54. The predicted octanol–water partition coefficient (Wildman–Crippen LogP) is 1.96. The number of hydrogen-bond acceptors (Lipinski definition) is 10. The summed E-state index contributed by atoms with van der Waals surface area (Å²) in [4.78, 5) is 0. The Morgan fingerprint density at radius 2 is 1.06 bits per heavy atom. The third-order valence-electron chi connectivity index (χ3n) is 5.17. The Balaban J connectivity index is 1.96. The number of phenols is 8. The second-order valence-electron chi connectivity index (χ2n) is 7.19. The fourth-order valence-electron chi connectivity index (χ4n) is 3.86. The molecule has 3 atom stereocenters. The van der Waals surface area contributed by atoms with Crippen LogP contribution in [0.5, 0.6) is 51.7 Å². The normalized spacial score (nSPS) is 20.1. The molecule has 0 aromatic heterocycles. The molecule has 1 aliphatic heterocycles. The molecule has 0 aliphatic carbocycles. The zero-order chi connectivity index (χ0) is 22.6. The van der Waals surface area contributed by atoms with Crippen molar-refractivity contribution in [3.05, 3.63) is 53.1 Å². The number of fused-ring (bicyclic) bond motifs is 1. The quantitative estimate of drug-likeness (QED) is 0.272. The van der Waals surface area contributed by atoms with E-state index in [2.05, 4.69) is 0 Å². The summed E-state index contributed by atoms with van der Waals surface area (Å²) in [7, 11) is 0. The van der Waals surface area contributed by atoms with Crippen molar-refractivity contribution in [1.29, 1.82) is 0 Å². The highest BCUT2D eigenvalue weighted by molar-refractivity contribution is 5.62. The number of rotatable bonds is 2. The molecule has 0 saturated heterocycles. The minimum atomic E-state index is -1.62. The molecule has 0 saturated carbocycles. The number of aliphatic hydroxyl groups is 1. The van der Waals surface area contributed by atoms with Gasteiger partial charge in [-0.1, -0.05) is 0 Å². The molecule has 0 spiro atoms. The number of ether oxygens (including phenoxy) is 1. The number of aromatic hydroxyl groups is 8. The van der Waals surface area contributed by atoms with Crippen molar-refractivity contribution in [2.24, 2.45) is 0 Å². The van der Waals surface area contributed by atoms with Crippen molar-refractivity contribution in [2.75, 3.05) is 0 Å². The second-order valence-corrected chi connectivity index (χ2v) is 7.19. The number of aliphatic hydroxyl groups excluding tert-OH is 1. The van der Waals surface area contributed by atoms with Crippen LogP contribution in [0.2, 0.25) is 0 Å². The first-order chi connectivity index (χ1) is 14.6. The van der Waals surface area contributed by atoms with Gasteiger partial charge in [0.05, 0.1) is 5.92 Å². The van der Waals surface area contributed by atoms with Gasteiger partial charge in [0.1, 0.15) is 40.6 Å². The minimum absolute atomic E-state index is 0.0107. The summed E-state index contributed by atoms with van der Waals surface area (Å²) in [5.74, 6) is -6.10. The Kier molecular flexibility index (Phi) is 4.51. The van der Waals surface area contributed by atoms with Crippen molar-refractivity contribution < 1.29 is 50.7 Å². The van der Waals surface area contributed by atoms with Crippen LogP contribution in [0.25, 0.3) is 0 Å². The van der Waals surface area contributed by atoms with Gasteiger partial charge in [-0.3, -0.25) is 0 Å². The highest BCUT2D eigenvalue weighted by Gasteiger charge is 2.44. The minimum Gasteiger partial charge on any atom is -0.508 e. The molecule has 1 unspecified atom stereocenters. The summed E-state index contributed by atoms with van der Waals surface area (Å²) in [6, 6.07) is 6.04. The van der Waals surface area contributed by atoms with E-state index in [-0.39, 0.29) is 28.2 Å². The number of hydrogen-bond donors (Lipinski definition) is 9. The Labute approximate surface area is 174 Å². The number of benzene rings is 3. The van der Waals surface area contributed by atoms with Gasteiger partial charge in [0.2, 0.25) is 0 Å². The van der Waals surface area contributed by atoms with Gasteiger partial charge in [-0.25, -0.2) is 0 Å². The van der Waals surface area contributed by atoms with Crippen LogP contribution in [0.3, 0.4) is 0 Å². The average Bonchev–Trinajstić information content (AvgIpc) is 2.66. The molecule has 0 amide bonds. The molecule has 3 aromatic rings. The molecule has 10 nitrogen and oxygen atoms in total. The summed E-state index contributed by atoms with van der Waals surface area (Å²) >= 11 is 0. The van der Waals surface area contributed by atoms with E-state index in [4.69, 9.17) is 4.74 Å². The Morgan fingerprint density at radius 1 is 0.581 bits per heavy atom. The van der Waals surface area contributed by atoms with Crippen molar-refractivity contribution >= 4 is 0 Å². The Bertz CT molecular complexity index is 1140. The van der Waals surface area contributed by atoms with Crippen LogP contribution in [-0.2, 0) is 0 Å². The summed E-state index contributed by atoms with van der Waals surface area (Å²) in [5.41, 5.74) is -0.297. The van der Waals surface area contributed by atoms with Crippen LogP contribution >= 0.6 is 0 Å². The first kappa shape index (κ1) is 20.1. The largest absolute Gasteiger partial charge is 0.508 e. The van der Waals surface area contributed by atoms with Crippen LogP contribution in [0, 0.1) is 0 Å². The van der Waals surface area contributed by atoms with Gasteiger partial charge in [0, 0.05) is 41.0 Å². The zero-order valence-corrected chi connectivity index (χ0v) is 15.6. The second kappa shape index (κ2) is 6.96. The predicted molar refractivity (Wildman–Crippen MR) is 104 cm³/mol. The van der Waals surface area contributed by atoms with Gasteiger partial charge in [-0.2, -0.15) is 0 Å². The maximum Gasteiger partial charge on any atom is 0.200 e. The lowest BCUT2D eigenvalue weighted by molar-refractivity contribution is 0.00634. The molecule has 31 heavy (non-hydrogen) atoms. The van der Waals surface area contributed by atoms with Crippen molar-refractivity contribution in [2.45, 2.75) is 18.1 Å². The highest BCUT2D eigenvalue weighted by atomic mass is 16.5. The van der Waals surface area contributed by atoms with E-state index in [1.165, 1.54) is 0 Å². The van der Waals surface area contributed by atoms with E-state index in [1.807, 2.05) is 0 Å². The summed E-state index contributed by atoms with van der Waals surface area (Å²) < 4.78 is 5.71. The molecule has 4 rings (SSSR count). The van der Waals surface area contributed by atoms with Crippen LogP contribution in [0.15, 0.2) is 36.4 Å². The molecule has 1 aliphatic rings. The van der Waals surface area contributed by atoms with E-state index in [1.54, 1.807) is 0 Å². The molecular weight excluding hydrogens is 412 g/mol. The maximum atomic E-state index is 11.1. The molecule has 10 heteroatoms. The molecule has 1 heterocycles. The van der Waals surface area contributed by atoms with Crippen LogP contribution in [0.1, 0.15) is 28.7 Å². The third kappa shape index (κ3) is 3.19. The lowest BCUT2D eigenvalue weighted by Crippen LogP contribution is -2.35. The smallest absolute Gasteiger partial charge is 0.200 e. The molecular formula is C21H18O10. The first-order valence-corrected chi connectivity index (χ1v) is 8.98. The van der Waals surface area contributed by atoms with E-state index < -0.39 is 58.4 Å². The van der Waals surface area contributed by atoms with Gasteiger partial charge in [0.25, 0.3) is 0 Å².